The lowest BCUT2D eigenvalue weighted by atomic mass is 9.72. The van der Waals surface area contributed by atoms with Gasteiger partial charge in [-0.25, -0.2) is 9.78 Å². The maximum Gasteiger partial charge on any atom is 0.552 e. The monoisotopic (exact) mass is 383 g/mol. The van der Waals surface area contributed by atoms with Gasteiger partial charge in [0.25, 0.3) is 0 Å². The first-order valence-corrected chi connectivity index (χ1v) is 9.74. The lowest BCUT2D eigenvalue weighted by Crippen LogP contribution is -2.46. The molecule has 2 aromatic heterocycles. The van der Waals surface area contributed by atoms with Crippen molar-refractivity contribution in [2.45, 2.75) is 39.7 Å². The van der Waals surface area contributed by atoms with Crippen LogP contribution in [0.4, 0.5) is 4.79 Å². The maximum atomic E-state index is 12.6. The van der Waals surface area contributed by atoms with Crippen LogP contribution >= 0.6 is 0 Å². The molecule has 1 fully saturated rings. The number of hydrogen-bond donors (Lipinski definition) is 2. The van der Waals surface area contributed by atoms with Gasteiger partial charge in [-0.1, -0.05) is 6.92 Å². The Bertz CT molecular complexity index is 933. The van der Waals surface area contributed by atoms with E-state index in [0.29, 0.717) is 24.8 Å². The Morgan fingerprint density at radius 3 is 3.00 bits per heavy atom. The van der Waals surface area contributed by atoms with Crippen LogP contribution in [0.5, 0.6) is 5.75 Å². The van der Waals surface area contributed by atoms with Crippen molar-refractivity contribution in [1.82, 2.24) is 14.9 Å². The SMILES string of the molecule is CC1CCN(C(=O)OC(C)(C)C)CC1C1=CB(O)Oc2cnc3[nH]ccc3c21. The fourth-order valence-electron chi connectivity index (χ4n) is 4.05. The fourth-order valence-corrected chi connectivity index (χ4v) is 4.05. The van der Waals surface area contributed by atoms with Gasteiger partial charge < -0.3 is 24.3 Å². The third kappa shape index (κ3) is 3.48. The summed E-state index contributed by atoms with van der Waals surface area (Å²) in [5, 5.41) is 11.2. The van der Waals surface area contributed by atoms with Gasteiger partial charge in [-0.15, -0.1) is 0 Å². The third-order valence-corrected chi connectivity index (χ3v) is 5.42. The van der Waals surface area contributed by atoms with Crippen LogP contribution in [0.2, 0.25) is 0 Å². The van der Waals surface area contributed by atoms with Crippen molar-refractivity contribution in [2.24, 2.45) is 11.8 Å². The number of piperidine rings is 1. The minimum atomic E-state index is -1.02. The Morgan fingerprint density at radius 2 is 2.25 bits per heavy atom. The van der Waals surface area contributed by atoms with Crippen LogP contribution in [-0.4, -0.2) is 51.8 Å². The summed E-state index contributed by atoms with van der Waals surface area (Å²) in [6.07, 6.45) is 4.07. The molecule has 2 N–H and O–H groups in total. The first-order chi connectivity index (χ1) is 13.2. The molecule has 4 heterocycles. The number of nitrogens with zero attached hydrogens (tertiary/aromatic N) is 2. The van der Waals surface area contributed by atoms with E-state index in [4.69, 9.17) is 9.39 Å². The molecule has 2 atom stereocenters. The molecule has 2 unspecified atom stereocenters. The number of nitrogens with one attached hydrogen (secondary N) is 1. The van der Waals surface area contributed by atoms with E-state index >= 15 is 0 Å². The average molecular weight is 383 g/mol. The molecule has 0 bridgehead atoms. The Labute approximate surface area is 164 Å². The van der Waals surface area contributed by atoms with E-state index in [1.165, 1.54) is 0 Å². The molecular formula is C20H26BN3O4. The summed E-state index contributed by atoms with van der Waals surface area (Å²) in [4.78, 5) is 21.9. The summed E-state index contributed by atoms with van der Waals surface area (Å²) in [5.41, 5.74) is 2.19. The van der Waals surface area contributed by atoms with Gasteiger partial charge in [0, 0.05) is 36.2 Å². The number of ether oxygens (including phenoxy) is 1. The quantitative estimate of drug-likeness (QED) is 0.739. The van der Waals surface area contributed by atoms with Crippen molar-refractivity contribution in [1.29, 1.82) is 0 Å². The molecule has 4 rings (SSSR count). The molecule has 0 radical (unpaired) electrons. The second-order valence-corrected chi connectivity index (χ2v) is 8.67. The van der Waals surface area contributed by atoms with E-state index < -0.39 is 12.7 Å². The zero-order valence-electron chi connectivity index (χ0n) is 16.7. The predicted octanol–water partition coefficient (Wildman–Crippen LogP) is 3.25. The minimum absolute atomic E-state index is 0.0686. The van der Waals surface area contributed by atoms with Gasteiger partial charge in [-0.3, -0.25) is 0 Å². The molecule has 1 amide bonds. The first-order valence-electron chi connectivity index (χ1n) is 9.74. The second kappa shape index (κ2) is 6.85. The van der Waals surface area contributed by atoms with Crippen molar-refractivity contribution in [3.05, 3.63) is 30.0 Å². The number of likely N-dealkylation sites (tertiary alicyclic amines) is 1. The van der Waals surface area contributed by atoms with E-state index in [1.807, 2.05) is 33.0 Å². The third-order valence-electron chi connectivity index (χ3n) is 5.42. The number of aromatic nitrogens is 2. The van der Waals surface area contributed by atoms with Crippen molar-refractivity contribution in [2.75, 3.05) is 13.1 Å². The molecule has 148 valence electrons. The standard InChI is InChI=1S/C20H26BN3O4/c1-12-6-8-24(19(25)27-20(2,3)4)11-15(12)14-9-21(26)28-16-10-23-18-13(17(14)16)5-7-22-18/h5,7,9-10,12,15,26H,6,8,11H2,1-4H3,(H,22,23). The highest BCUT2D eigenvalue weighted by atomic mass is 16.6. The number of aromatic amines is 1. The molecule has 0 saturated carbocycles. The van der Waals surface area contributed by atoms with Crippen molar-refractivity contribution in [3.8, 4) is 5.75 Å². The molecule has 7 nitrogen and oxygen atoms in total. The molecule has 1 saturated heterocycles. The Kier molecular flexibility index (Phi) is 4.61. The van der Waals surface area contributed by atoms with Crippen LogP contribution in [-0.2, 0) is 4.74 Å². The van der Waals surface area contributed by atoms with Crippen molar-refractivity contribution in [3.63, 3.8) is 0 Å². The molecule has 28 heavy (non-hydrogen) atoms. The number of rotatable bonds is 1. The highest BCUT2D eigenvalue weighted by Crippen LogP contribution is 2.43. The van der Waals surface area contributed by atoms with Crippen LogP contribution in [0.15, 0.2) is 24.4 Å². The smallest absolute Gasteiger partial charge is 0.531 e. The van der Waals surface area contributed by atoms with Crippen LogP contribution in [0.25, 0.3) is 16.6 Å². The van der Waals surface area contributed by atoms with Gasteiger partial charge >= 0.3 is 13.2 Å². The lowest BCUT2D eigenvalue weighted by molar-refractivity contribution is 0.0152. The van der Waals surface area contributed by atoms with Gasteiger partial charge in [0.1, 0.15) is 17.0 Å². The zero-order valence-corrected chi connectivity index (χ0v) is 16.7. The molecule has 0 aromatic carbocycles. The summed E-state index contributed by atoms with van der Waals surface area (Å²) in [5.74, 6) is 2.75. The molecule has 8 heteroatoms. The molecule has 0 aliphatic carbocycles. The molecule has 2 aliphatic heterocycles. The van der Waals surface area contributed by atoms with Gasteiger partial charge in [-0.2, -0.15) is 0 Å². The predicted molar refractivity (Wildman–Crippen MR) is 108 cm³/mol. The molecular weight excluding hydrogens is 357 g/mol. The van der Waals surface area contributed by atoms with Gasteiger partial charge in [-0.05, 0) is 50.7 Å². The Hall–Kier alpha value is -2.48. The summed E-state index contributed by atoms with van der Waals surface area (Å²) < 4.78 is 11.2. The highest BCUT2D eigenvalue weighted by Gasteiger charge is 2.38. The Morgan fingerprint density at radius 1 is 1.46 bits per heavy atom. The van der Waals surface area contributed by atoms with Crippen LogP contribution in [0, 0.1) is 11.8 Å². The molecule has 2 aromatic rings. The topological polar surface area (TPSA) is 87.7 Å². The number of hydrogen-bond acceptors (Lipinski definition) is 5. The van der Waals surface area contributed by atoms with E-state index in [0.717, 1.165) is 28.6 Å². The summed E-state index contributed by atoms with van der Waals surface area (Å²) in [6.45, 7) is 9.02. The van der Waals surface area contributed by atoms with Crippen molar-refractivity contribution >= 4 is 29.8 Å². The van der Waals surface area contributed by atoms with Crippen LogP contribution in [0.1, 0.15) is 39.7 Å². The number of pyridine rings is 1. The molecule has 0 spiro atoms. The lowest BCUT2D eigenvalue weighted by Gasteiger charge is -2.40. The zero-order chi connectivity index (χ0) is 20.1. The largest absolute Gasteiger partial charge is 0.552 e. The molecule has 2 aliphatic rings. The average Bonchev–Trinajstić information content (AvgIpc) is 3.08. The summed E-state index contributed by atoms with van der Waals surface area (Å²) in [7, 11) is -1.02. The number of carbonyl (C=O) groups excluding carboxylic acids is 1. The summed E-state index contributed by atoms with van der Waals surface area (Å²) in [6, 6.07) is 1.97. The number of carbonyl (C=O) groups is 1. The number of fused-ring (bicyclic) bond motifs is 3. The first kappa shape index (κ1) is 18.9. The van der Waals surface area contributed by atoms with E-state index in [2.05, 4.69) is 16.9 Å². The fraction of sp³-hybridized carbons (Fsp3) is 0.500. The van der Waals surface area contributed by atoms with Gasteiger partial charge in [0.05, 0.1) is 6.20 Å². The van der Waals surface area contributed by atoms with E-state index in [1.54, 1.807) is 17.1 Å². The van der Waals surface area contributed by atoms with Gasteiger partial charge in [0.2, 0.25) is 0 Å². The van der Waals surface area contributed by atoms with Crippen LogP contribution < -0.4 is 4.65 Å². The summed E-state index contributed by atoms with van der Waals surface area (Å²) >= 11 is 0. The van der Waals surface area contributed by atoms with E-state index in [-0.39, 0.29) is 12.0 Å². The highest BCUT2D eigenvalue weighted by molar-refractivity contribution is 6.52. The number of H-pyrrole nitrogens is 1. The van der Waals surface area contributed by atoms with Crippen molar-refractivity contribution < 1.29 is 19.2 Å². The van der Waals surface area contributed by atoms with Gasteiger partial charge in [0.15, 0.2) is 0 Å². The Balaban J connectivity index is 1.69. The maximum absolute atomic E-state index is 12.6. The normalized spacial score (nSPS) is 22.5. The number of amides is 1. The second-order valence-electron chi connectivity index (χ2n) is 8.67. The minimum Gasteiger partial charge on any atom is -0.531 e. The van der Waals surface area contributed by atoms with E-state index in [9.17, 15) is 9.82 Å². The van der Waals surface area contributed by atoms with Crippen LogP contribution in [0.3, 0.4) is 0 Å².